The Morgan fingerprint density at radius 3 is 1.84 bits per heavy atom. The lowest BCUT2D eigenvalue weighted by Crippen LogP contribution is -2.53. The van der Waals surface area contributed by atoms with E-state index in [4.69, 9.17) is 0 Å². The Hall–Kier alpha value is -2.17. The van der Waals surface area contributed by atoms with E-state index in [0.717, 1.165) is 37.3 Å². The molecular weight excluding hydrogens is 310 g/mol. The van der Waals surface area contributed by atoms with Crippen LogP contribution in [0, 0.1) is 0 Å². The Bertz CT molecular complexity index is 627. The highest BCUT2D eigenvalue weighted by molar-refractivity contribution is 5.82. The van der Waals surface area contributed by atoms with E-state index >= 15 is 0 Å². The standard InChI is InChI=1S/C21H27N3O/c1-17(24-15-13-23(2)14-16-24)21(25)22-20(18-9-5-3-6-10-18)19-11-7-4-8-12-19/h3-12,17,20H,13-16H2,1-2H3,(H,22,25)/t17-/m1/s1. The number of carbonyl (C=O) groups excluding carboxylic acids is 1. The van der Waals surface area contributed by atoms with Crippen molar-refractivity contribution in [3.8, 4) is 0 Å². The molecule has 1 aliphatic heterocycles. The summed E-state index contributed by atoms with van der Waals surface area (Å²) in [6.45, 7) is 5.91. The first-order chi connectivity index (χ1) is 12.1. The lowest BCUT2D eigenvalue weighted by atomic mass is 9.98. The van der Waals surface area contributed by atoms with Gasteiger partial charge in [0.1, 0.15) is 0 Å². The lowest BCUT2D eigenvalue weighted by Gasteiger charge is -2.36. The molecule has 0 bridgehead atoms. The Morgan fingerprint density at radius 1 is 0.880 bits per heavy atom. The van der Waals surface area contributed by atoms with Crippen molar-refractivity contribution in [3.63, 3.8) is 0 Å². The maximum Gasteiger partial charge on any atom is 0.237 e. The van der Waals surface area contributed by atoms with Crippen LogP contribution in [0.5, 0.6) is 0 Å². The van der Waals surface area contributed by atoms with Crippen LogP contribution in [-0.4, -0.2) is 55.0 Å². The highest BCUT2D eigenvalue weighted by Crippen LogP contribution is 2.22. The van der Waals surface area contributed by atoms with E-state index in [0.29, 0.717) is 0 Å². The summed E-state index contributed by atoms with van der Waals surface area (Å²) < 4.78 is 0. The van der Waals surface area contributed by atoms with Gasteiger partial charge in [0, 0.05) is 26.2 Å². The third kappa shape index (κ3) is 4.47. The van der Waals surface area contributed by atoms with Crippen LogP contribution in [0.3, 0.4) is 0 Å². The van der Waals surface area contributed by atoms with Crippen molar-refractivity contribution in [2.45, 2.75) is 19.0 Å². The van der Waals surface area contributed by atoms with Crippen LogP contribution in [0.25, 0.3) is 0 Å². The number of rotatable bonds is 5. The summed E-state index contributed by atoms with van der Waals surface area (Å²) in [5.74, 6) is 0.0854. The molecule has 132 valence electrons. The summed E-state index contributed by atoms with van der Waals surface area (Å²) in [7, 11) is 2.13. The van der Waals surface area contributed by atoms with Gasteiger partial charge in [-0.2, -0.15) is 0 Å². The lowest BCUT2D eigenvalue weighted by molar-refractivity contribution is -0.127. The number of benzene rings is 2. The first-order valence-electron chi connectivity index (χ1n) is 8.98. The van der Waals surface area contributed by atoms with Gasteiger partial charge < -0.3 is 10.2 Å². The molecule has 1 saturated heterocycles. The molecule has 0 aromatic heterocycles. The van der Waals surface area contributed by atoms with Gasteiger partial charge >= 0.3 is 0 Å². The zero-order valence-corrected chi connectivity index (χ0v) is 15.1. The summed E-state index contributed by atoms with van der Waals surface area (Å²) in [6, 6.07) is 20.1. The molecule has 0 saturated carbocycles. The molecule has 25 heavy (non-hydrogen) atoms. The molecule has 3 rings (SSSR count). The summed E-state index contributed by atoms with van der Waals surface area (Å²) in [4.78, 5) is 17.5. The summed E-state index contributed by atoms with van der Waals surface area (Å²) in [6.07, 6.45) is 0. The number of likely N-dealkylation sites (N-methyl/N-ethyl adjacent to an activating group) is 1. The van der Waals surface area contributed by atoms with Crippen LogP contribution in [0.15, 0.2) is 60.7 Å². The van der Waals surface area contributed by atoms with Gasteiger partial charge in [-0.1, -0.05) is 60.7 Å². The molecule has 4 heteroatoms. The normalized spacial score (nSPS) is 17.4. The minimum atomic E-state index is -0.122. The third-order valence-corrected chi connectivity index (χ3v) is 5.02. The Labute approximate surface area is 150 Å². The van der Waals surface area contributed by atoms with Crippen molar-refractivity contribution >= 4 is 5.91 Å². The number of amides is 1. The minimum Gasteiger partial charge on any atom is -0.344 e. The monoisotopic (exact) mass is 337 g/mol. The van der Waals surface area contributed by atoms with Crippen LogP contribution >= 0.6 is 0 Å². The van der Waals surface area contributed by atoms with Gasteiger partial charge in [0.25, 0.3) is 0 Å². The maximum atomic E-state index is 12.9. The third-order valence-electron chi connectivity index (χ3n) is 5.02. The molecule has 1 aliphatic rings. The fraction of sp³-hybridized carbons (Fsp3) is 0.381. The zero-order valence-electron chi connectivity index (χ0n) is 15.1. The van der Waals surface area contributed by atoms with Gasteiger partial charge in [0.2, 0.25) is 5.91 Å². The first-order valence-corrected chi connectivity index (χ1v) is 8.98. The molecule has 2 aromatic rings. The van der Waals surface area contributed by atoms with Gasteiger partial charge in [-0.25, -0.2) is 0 Å². The van der Waals surface area contributed by atoms with E-state index in [1.807, 2.05) is 43.3 Å². The fourth-order valence-corrected chi connectivity index (χ4v) is 3.29. The van der Waals surface area contributed by atoms with Gasteiger partial charge in [0.15, 0.2) is 0 Å². The number of hydrogen-bond donors (Lipinski definition) is 1. The number of hydrogen-bond acceptors (Lipinski definition) is 3. The molecular formula is C21H27N3O. The van der Waals surface area contributed by atoms with E-state index in [-0.39, 0.29) is 18.0 Å². The minimum absolute atomic E-state index is 0.0854. The highest BCUT2D eigenvalue weighted by Gasteiger charge is 2.26. The average Bonchev–Trinajstić information content (AvgIpc) is 2.67. The van der Waals surface area contributed by atoms with E-state index < -0.39 is 0 Å². The second-order valence-corrected chi connectivity index (χ2v) is 6.78. The van der Waals surface area contributed by atoms with Gasteiger partial charge in [0.05, 0.1) is 12.1 Å². The quantitative estimate of drug-likeness (QED) is 0.911. The number of piperazine rings is 1. The first kappa shape index (κ1) is 17.6. The predicted molar refractivity (Wildman–Crippen MR) is 101 cm³/mol. The Balaban J connectivity index is 1.75. The SMILES string of the molecule is C[C@H](C(=O)NC(c1ccccc1)c1ccccc1)N1CCN(C)CC1. The van der Waals surface area contributed by atoms with Gasteiger partial charge in [-0.05, 0) is 25.1 Å². The smallest absolute Gasteiger partial charge is 0.237 e. The van der Waals surface area contributed by atoms with Crippen LogP contribution in [0.1, 0.15) is 24.1 Å². The second-order valence-electron chi connectivity index (χ2n) is 6.78. The second kappa shape index (κ2) is 8.28. The highest BCUT2D eigenvalue weighted by atomic mass is 16.2. The van der Waals surface area contributed by atoms with E-state index in [9.17, 15) is 4.79 Å². The van der Waals surface area contributed by atoms with Crippen molar-refractivity contribution in [2.75, 3.05) is 33.2 Å². The topological polar surface area (TPSA) is 35.6 Å². The molecule has 4 nitrogen and oxygen atoms in total. The maximum absolute atomic E-state index is 12.9. The molecule has 0 aliphatic carbocycles. The van der Waals surface area contributed by atoms with Crippen molar-refractivity contribution in [2.24, 2.45) is 0 Å². The van der Waals surface area contributed by atoms with E-state index in [1.54, 1.807) is 0 Å². The van der Waals surface area contributed by atoms with Gasteiger partial charge in [-0.15, -0.1) is 0 Å². The molecule has 0 radical (unpaired) electrons. The molecule has 1 fully saturated rings. The van der Waals surface area contributed by atoms with Gasteiger partial charge in [-0.3, -0.25) is 9.69 Å². The summed E-state index contributed by atoms with van der Waals surface area (Å²) in [5.41, 5.74) is 2.21. The van der Waals surface area contributed by atoms with Crippen molar-refractivity contribution < 1.29 is 4.79 Å². The average molecular weight is 337 g/mol. The number of nitrogens with zero attached hydrogens (tertiary/aromatic N) is 2. The zero-order chi connectivity index (χ0) is 17.6. The molecule has 1 atom stereocenters. The molecule has 0 unspecified atom stereocenters. The molecule has 0 spiro atoms. The van der Waals surface area contributed by atoms with Crippen LogP contribution in [0.2, 0.25) is 0 Å². The summed E-state index contributed by atoms with van der Waals surface area (Å²) >= 11 is 0. The van der Waals surface area contributed by atoms with E-state index in [2.05, 4.69) is 46.4 Å². The van der Waals surface area contributed by atoms with Crippen molar-refractivity contribution in [1.29, 1.82) is 0 Å². The van der Waals surface area contributed by atoms with Crippen LogP contribution < -0.4 is 5.32 Å². The molecule has 1 heterocycles. The predicted octanol–water partition coefficient (Wildman–Crippen LogP) is 2.53. The van der Waals surface area contributed by atoms with Crippen LogP contribution in [0.4, 0.5) is 0 Å². The Kier molecular flexibility index (Phi) is 5.84. The number of carbonyl (C=O) groups is 1. The molecule has 1 amide bonds. The molecule has 2 aromatic carbocycles. The Morgan fingerprint density at radius 2 is 1.36 bits per heavy atom. The fourth-order valence-electron chi connectivity index (χ4n) is 3.29. The van der Waals surface area contributed by atoms with E-state index in [1.165, 1.54) is 0 Å². The van der Waals surface area contributed by atoms with Crippen LogP contribution in [-0.2, 0) is 4.79 Å². The molecule has 1 N–H and O–H groups in total. The summed E-state index contributed by atoms with van der Waals surface area (Å²) in [5, 5.41) is 3.26. The largest absolute Gasteiger partial charge is 0.344 e. The van der Waals surface area contributed by atoms with Crippen molar-refractivity contribution in [1.82, 2.24) is 15.1 Å². The number of nitrogens with one attached hydrogen (secondary N) is 1. The van der Waals surface area contributed by atoms with Crippen molar-refractivity contribution in [3.05, 3.63) is 71.8 Å².